The number of thiophene rings is 1. The van der Waals surface area contributed by atoms with Gasteiger partial charge in [0.25, 0.3) is 0 Å². The van der Waals surface area contributed by atoms with E-state index in [2.05, 4.69) is 17.5 Å². The summed E-state index contributed by atoms with van der Waals surface area (Å²) >= 11 is 1.46. The van der Waals surface area contributed by atoms with Crippen LogP contribution in [0.1, 0.15) is 34.8 Å². The van der Waals surface area contributed by atoms with Crippen molar-refractivity contribution in [3.63, 3.8) is 0 Å². The van der Waals surface area contributed by atoms with E-state index >= 15 is 0 Å². The molecule has 0 saturated heterocycles. The molecule has 1 heterocycles. The van der Waals surface area contributed by atoms with Crippen LogP contribution in [-0.2, 0) is 6.54 Å². The summed E-state index contributed by atoms with van der Waals surface area (Å²) in [5.74, 6) is 1.37. The topological polar surface area (TPSA) is 71.1 Å². The van der Waals surface area contributed by atoms with Crippen molar-refractivity contribution in [3.8, 4) is 11.8 Å². The maximum absolute atomic E-state index is 9.15. The molecule has 3 N–H and O–H groups in total. The van der Waals surface area contributed by atoms with Gasteiger partial charge in [0.1, 0.15) is 16.7 Å². The molecular formula is C16H17N3OS. The number of nitriles is 1. The highest BCUT2D eigenvalue weighted by molar-refractivity contribution is 7.17. The zero-order chi connectivity index (χ0) is 14.8. The van der Waals surface area contributed by atoms with E-state index in [1.807, 2.05) is 18.2 Å². The third-order valence-corrected chi connectivity index (χ3v) is 4.74. The lowest BCUT2D eigenvalue weighted by Crippen LogP contribution is -2.01. The molecule has 1 aromatic carbocycles. The smallest absolute Gasteiger partial charge is 0.130 e. The molecule has 108 valence electrons. The van der Waals surface area contributed by atoms with E-state index in [1.54, 1.807) is 7.11 Å². The molecule has 21 heavy (non-hydrogen) atoms. The highest BCUT2D eigenvalue weighted by Crippen LogP contribution is 2.50. The number of rotatable bonds is 5. The second kappa shape index (κ2) is 5.66. The zero-order valence-electron chi connectivity index (χ0n) is 11.8. The maximum atomic E-state index is 9.15. The first-order valence-corrected chi connectivity index (χ1v) is 7.73. The first-order chi connectivity index (χ1) is 10.2. The highest BCUT2D eigenvalue weighted by atomic mass is 32.1. The predicted molar refractivity (Wildman–Crippen MR) is 85.7 cm³/mol. The zero-order valence-corrected chi connectivity index (χ0v) is 12.7. The Labute approximate surface area is 128 Å². The Morgan fingerprint density at radius 1 is 1.48 bits per heavy atom. The summed E-state index contributed by atoms with van der Waals surface area (Å²) in [5, 5.41) is 13.6. The van der Waals surface area contributed by atoms with Crippen LogP contribution < -0.4 is 15.8 Å². The Bertz CT molecular complexity index is 698. The third-order valence-electron chi connectivity index (χ3n) is 3.66. The van der Waals surface area contributed by atoms with Crippen molar-refractivity contribution in [1.82, 2.24) is 0 Å². The molecule has 2 aromatic rings. The molecular weight excluding hydrogens is 282 g/mol. The number of ether oxygens (including phenoxy) is 1. The van der Waals surface area contributed by atoms with Crippen molar-refractivity contribution in [1.29, 1.82) is 5.26 Å². The largest absolute Gasteiger partial charge is 0.497 e. The molecule has 5 heteroatoms. The lowest BCUT2D eigenvalue weighted by atomic mass is 10.1. The van der Waals surface area contributed by atoms with Gasteiger partial charge in [-0.15, -0.1) is 11.3 Å². The van der Waals surface area contributed by atoms with E-state index in [0.717, 1.165) is 21.9 Å². The van der Waals surface area contributed by atoms with E-state index in [-0.39, 0.29) is 0 Å². The second-order valence-electron chi connectivity index (χ2n) is 5.18. The fourth-order valence-corrected chi connectivity index (χ4v) is 3.41. The van der Waals surface area contributed by atoms with Crippen molar-refractivity contribution in [2.75, 3.05) is 18.2 Å². The van der Waals surface area contributed by atoms with Crippen molar-refractivity contribution < 1.29 is 4.74 Å². The fraction of sp³-hybridized carbons (Fsp3) is 0.312. The number of anilines is 2. The van der Waals surface area contributed by atoms with E-state index < -0.39 is 0 Å². The standard InChI is InChI=1S/C16H17N3OS/c1-20-12-4-2-3-10(7-12)9-19-16-14(11-5-6-11)15(18)13(8-17)21-16/h2-4,7,11,19H,5-6,9,18H2,1H3. The van der Waals surface area contributed by atoms with Crippen LogP contribution in [0.3, 0.4) is 0 Å². The van der Waals surface area contributed by atoms with Gasteiger partial charge in [-0.25, -0.2) is 0 Å². The molecule has 0 bridgehead atoms. The number of nitrogens with one attached hydrogen (secondary N) is 1. The summed E-state index contributed by atoms with van der Waals surface area (Å²) in [7, 11) is 1.66. The minimum atomic E-state index is 0.524. The van der Waals surface area contributed by atoms with Crippen LogP contribution in [-0.4, -0.2) is 7.11 Å². The minimum Gasteiger partial charge on any atom is -0.497 e. The van der Waals surface area contributed by atoms with Crippen LogP contribution in [0.15, 0.2) is 24.3 Å². The van der Waals surface area contributed by atoms with Crippen LogP contribution >= 0.6 is 11.3 Å². The number of hydrogen-bond acceptors (Lipinski definition) is 5. The first kappa shape index (κ1) is 13.8. The predicted octanol–water partition coefficient (Wildman–Crippen LogP) is 3.70. The third kappa shape index (κ3) is 2.81. The molecule has 0 atom stereocenters. The molecule has 0 radical (unpaired) electrons. The van der Waals surface area contributed by atoms with Gasteiger partial charge in [-0.2, -0.15) is 5.26 Å². The average molecular weight is 299 g/mol. The summed E-state index contributed by atoms with van der Waals surface area (Å²) in [5.41, 5.74) is 9.04. The van der Waals surface area contributed by atoms with Crippen molar-refractivity contribution in [2.45, 2.75) is 25.3 Å². The van der Waals surface area contributed by atoms with Gasteiger partial charge in [0.15, 0.2) is 0 Å². The van der Waals surface area contributed by atoms with E-state index in [1.165, 1.54) is 24.2 Å². The number of nitrogen functional groups attached to an aromatic ring is 1. The molecule has 1 saturated carbocycles. The van der Waals surface area contributed by atoms with Gasteiger partial charge in [0.05, 0.1) is 17.8 Å². The molecule has 1 fully saturated rings. The van der Waals surface area contributed by atoms with Crippen LogP contribution in [0.5, 0.6) is 5.75 Å². The minimum absolute atomic E-state index is 0.524. The lowest BCUT2D eigenvalue weighted by molar-refractivity contribution is 0.414. The summed E-state index contributed by atoms with van der Waals surface area (Å²) in [6, 6.07) is 10.1. The number of hydrogen-bond donors (Lipinski definition) is 2. The lowest BCUT2D eigenvalue weighted by Gasteiger charge is -2.08. The van der Waals surface area contributed by atoms with Crippen LogP contribution in [0.25, 0.3) is 0 Å². The van der Waals surface area contributed by atoms with Crippen LogP contribution in [0.4, 0.5) is 10.7 Å². The average Bonchev–Trinajstić information content (AvgIpc) is 3.29. The monoisotopic (exact) mass is 299 g/mol. The van der Waals surface area contributed by atoms with Gasteiger partial charge in [0.2, 0.25) is 0 Å². The Balaban J connectivity index is 1.80. The molecule has 1 aliphatic carbocycles. The van der Waals surface area contributed by atoms with Crippen molar-refractivity contribution in [2.24, 2.45) is 0 Å². The van der Waals surface area contributed by atoms with Gasteiger partial charge in [-0.1, -0.05) is 12.1 Å². The SMILES string of the molecule is COc1cccc(CNc2sc(C#N)c(N)c2C2CC2)c1. The van der Waals surface area contributed by atoms with Crippen molar-refractivity contribution >= 4 is 22.0 Å². The Kier molecular flexibility index (Phi) is 3.72. The molecule has 1 aromatic heterocycles. The molecule has 0 spiro atoms. The maximum Gasteiger partial charge on any atom is 0.130 e. The highest BCUT2D eigenvalue weighted by Gasteiger charge is 2.31. The number of benzene rings is 1. The van der Waals surface area contributed by atoms with Crippen LogP contribution in [0, 0.1) is 11.3 Å². The van der Waals surface area contributed by atoms with Gasteiger partial charge in [-0.05, 0) is 36.5 Å². The second-order valence-corrected chi connectivity index (χ2v) is 6.20. The van der Waals surface area contributed by atoms with Gasteiger partial charge < -0.3 is 15.8 Å². The summed E-state index contributed by atoms with van der Waals surface area (Å²) in [6.45, 7) is 0.696. The summed E-state index contributed by atoms with van der Waals surface area (Å²) in [6.07, 6.45) is 2.33. The van der Waals surface area contributed by atoms with Gasteiger partial charge in [0, 0.05) is 12.1 Å². The molecule has 4 nitrogen and oxygen atoms in total. The summed E-state index contributed by atoms with van der Waals surface area (Å²) < 4.78 is 5.23. The molecule has 0 amide bonds. The molecule has 3 rings (SSSR count). The van der Waals surface area contributed by atoms with Gasteiger partial charge >= 0.3 is 0 Å². The molecule has 0 aliphatic heterocycles. The molecule has 1 aliphatic rings. The van der Waals surface area contributed by atoms with E-state index in [0.29, 0.717) is 23.0 Å². The fourth-order valence-electron chi connectivity index (χ4n) is 2.41. The number of nitrogens with two attached hydrogens (primary N) is 1. The first-order valence-electron chi connectivity index (χ1n) is 6.92. The Morgan fingerprint density at radius 3 is 2.95 bits per heavy atom. The van der Waals surface area contributed by atoms with E-state index in [4.69, 9.17) is 15.7 Å². The Hall–Kier alpha value is -2.19. The van der Waals surface area contributed by atoms with Gasteiger partial charge in [-0.3, -0.25) is 0 Å². The van der Waals surface area contributed by atoms with Crippen molar-refractivity contribution in [3.05, 3.63) is 40.3 Å². The quantitative estimate of drug-likeness (QED) is 0.883. The number of methoxy groups -OCH3 is 1. The van der Waals surface area contributed by atoms with Crippen LogP contribution in [0.2, 0.25) is 0 Å². The normalized spacial score (nSPS) is 13.7. The number of nitrogens with zero attached hydrogens (tertiary/aromatic N) is 1. The summed E-state index contributed by atoms with van der Waals surface area (Å²) in [4.78, 5) is 0.616. The molecule has 0 unspecified atom stereocenters. The van der Waals surface area contributed by atoms with E-state index in [9.17, 15) is 0 Å². The Morgan fingerprint density at radius 2 is 2.29 bits per heavy atom.